The highest BCUT2D eigenvalue weighted by Gasteiger charge is 2.62. The number of sulfonamides is 1. The smallest absolute Gasteiger partial charge is 0.497 e. The van der Waals surface area contributed by atoms with Crippen LogP contribution in [0.5, 0.6) is 17.4 Å². The SMILES string of the molecule is COc1ccc2c(O[C@H]3CC4C(=O)[C@@H](NC(=O)OC(C)(C)C)CNCCCCC[C@@H]5C[C@@]5(C(=O)NS(=O)(=O)C5CC5)NC(=O)[C@@H]4C3)nc(-c3ccc(OC(F)(F)F)cc3)cc2c1. The van der Waals surface area contributed by atoms with Crippen molar-refractivity contribution >= 4 is 44.5 Å². The van der Waals surface area contributed by atoms with E-state index in [1.807, 2.05) is 0 Å². The Kier molecular flexibility index (Phi) is 12.7. The lowest BCUT2D eigenvalue weighted by Gasteiger charge is -2.27. The predicted molar refractivity (Wildman–Crippen MR) is 220 cm³/mol. The van der Waals surface area contributed by atoms with Gasteiger partial charge in [-0.15, -0.1) is 13.2 Å². The third-order valence-corrected chi connectivity index (χ3v) is 13.5. The van der Waals surface area contributed by atoms with Crippen molar-refractivity contribution in [1.29, 1.82) is 0 Å². The molecule has 19 heteroatoms. The second-order valence-corrected chi connectivity index (χ2v) is 19.5. The third-order valence-electron chi connectivity index (χ3n) is 11.7. The molecule has 3 aromatic rings. The van der Waals surface area contributed by atoms with Gasteiger partial charge in [-0.3, -0.25) is 19.1 Å². The van der Waals surface area contributed by atoms with E-state index in [1.54, 1.807) is 45.0 Å². The van der Waals surface area contributed by atoms with Crippen molar-refractivity contribution in [2.75, 3.05) is 20.2 Å². The maximum absolute atomic E-state index is 14.7. The van der Waals surface area contributed by atoms with E-state index in [-0.39, 0.29) is 37.6 Å². The molecule has 1 saturated heterocycles. The van der Waals surface area contributed by atoms with Crippen molar-refractivity contribution in [3.05, 3.63) is 48.5 Å². The van der Waals surface area contributed by atoms with E-state index in [1.165, 1.54) is 19.2 Å². The van der Waals surface area contributed by atoms with Gasteiger partial charge in [0.1, 0.15) is 34.8 Å². The number of carbonyl (C=O) groups is 4. The Hall–Kier alpha value is -5.17. The number of benzene rings is 2. The highest BCUT2D eigenvalue weighted by atomic mass is 32.2. The van der Waals surface area contributed by atoms with E-state index in [4.69, 9.17) is 19.2 Å². The van der Waals surface area contributed by atoms with E-state index >= 15 is 0 Å². The monoisotopic (exact) mass is 887 g/mol. The Balaban J connectivity index is 1.22. The summed E-state index contributed by atoms with van der Waals surface area (Å²) in [5, 5.41) is 9.36. The Bertz CT molecular complexity index is 2300. The van der Waals surface area contributed by atoms with E-state index in [9.17, 15) is 40.8 Å². The van der Waals surface area contributed by atoms with Gasteiger partial charge >= 0.3 is 12.5 Å². The van der Waals surface area contributed by atoms with E-state index in [2.05, 4.69) is 25.4 Å². The molecule has 6 atom stereocenters. The van der Waals surface area contributed by atoms with Gasteiger partial charge in [0.15, 0.2) is 5.78 Å². The molecule has 1 unspecified atom stereocenters. The topological polar surface area (TPSA) is 200 Å². The number of rotatable bonds is 9. The number of aromatic nitrogens is 1. The molecule has 4 fully saturated rings. The van der Waals surface area contributed by atoms with Crippen LogP contribution in [0.1, 0.15) is 78.6 Å². The highest BCUT2D eigenvalue weighted by molar-refractivity contribution is 7.91. The summed E-state index contributed by atoms with van der Waals surface area (Å²) in [7, 11) is -2.44. The number of methoxy groups -OCH3 is 1. The van der Waals surface area contributed by atoms with Crippen molar-refractivity contribution in [1.82, 2.24) is 25.7 Å². The average molecular weight is 888 g/mol. The Morgan fingerprint density at radius 1 is 0.919 bits per heavy atom. The van der Waals surface area contributed by atoms with Gasteiger partial charge in [-0.1, -0.05) is 12.8 Å². The molecule has 3 saturated carbocycles. The van der Waals surface area contributed by atoms with Gasteiger partial charge in [0.05, 0.1) is 24.0 Å². The number of ketones is 1. The lowest BCUT2D eigenvalue weighted by molar-refractivity contribution is -0.274. The standard InChI is InChI=1S/C43H52F3N5O10S/c1-41(2,3)61-40(55)49-35-23-47-17-7-5-6-8-26-22-42(26,39(54)51-62(56,57)30-14-15-30)50-37(53)33-21-29(20-32(33)36(35)52)59-38-31-16-13-28(58-4)18-25(31)19-34(48-38)24-9-11-27(12-10-24)60-43(44,45)46/h9-13,16,18-19,26,29-30,32-33,35,47H,5-8,14-15,17,20-23H2,1-4H3,(H,49,55)(H,50,53)(H,51,54)/t26-,29+,32?,33-,35+,42-/m1/s1. The number of ether oxygens (including phenoxy) is 4. The number of fused-ring (bicyclic) bond motifs is 3. The fraction of sp³-hybridized carbons (Fsp3) is 0.558. The van der Waals surface area contributed by atoms with Crippen molar-refractivity contribution < 1.29 is 59.7 Å². The molecule has 2 heterocycles. The maximum Gasteiger partial charge on any atom is 0.573 e. The number of nitrogens with zero attached hydrogens (tertiary/aromatic N) is 1. The first kappa shape index (κ1) is 44.9. The van der Waals surface area contributed by atoms with E-state index < -0.39 is 86.2 Å². The van der Waals surface area contributed by atoms with Gasteiger partial charge in [-0.2, -0.15) is 0 Å². The molecule has 4 aliphatic rings. The molecule has 336 valence electrons. The van der Waals surface area contributed by atoms with Crippen LogP contribution in [0.2, 0.25) is 0 Å². The third kappa shape index (κ3) is 10.7. The first-order chi connectivity index (χ1) is 29.2. The Morgan fingerprint density at radius 3 is 2.31 bits per heavy atom. The van der Waals surface area contributed by atoms with Crippen LogP contribution in [0.15, 0.2) is 48.5 Å². The van der Waals surface area contributed by atoms with Crippen LogP contribution in [0.25, 0.3) is 22.0 Å². The van der Waals surface area contributed by atoms with Crippen LogP contribution >= 0.6 is 0 Å². The predicted octanol–water partition coefficient (Wildman–Crippen LogP) is 5.69. The molecule has 3 amide bonds. The average Bonchev–Trinajstić information content (AvgIpc) is 4.12. The number of Topliss-reactive ketones (excluding diaryl/α,β-unsaturated/α-hetero) is 1. The Labute approximate surface area is 357 Å². The molecule has 2 aromatic carbocycles. The van der Waals surface area contributed by atoms with Crippen LogP contribution < -0.4 is 34.9 Å². The molecule has 1 aliphatic heterocycles. The molecule has 62 heavy (non-hydrogen) atoms. The summed E-state index contributed by atoms with van der Waals surface area (Å²) in [4.78, 5) is 61.0. The molecular weight excluding hydrogens is 836 g/mol. The summed E-state index contributed by atoms with van der Waals surface area (Å²) in [5.41, 5.74) is -1.59. The van der Waals surface area contributed by atoms with Crippen LogP contribution in [-0.4, -0.2) is 92.2 Å². The summed E-state index contributed by atoms with van der Waals surface area (Å²) >= 11 is 0. The normalized spacial score (nSPS) is 26.1. The fourth-order valence-electron chi connectivity index (χ4n) is 8.40. The maximum atomic E-state index is 14.7. The molecule has 7 rings (SSSR count). The summed E-state index contributed by atoms with van der Waals surface area (Å²) < 4.78 is 88.4. The zero-order valence-electron chi connectivity index (χ0n) is 34.9. The van der Waals surface area contributed by atoms with Crippen molar-refractivity contribution in [2.24, 2.45) is 17.8 Å². The number of nitrogens with one attached hydrogen (secondary N) is 4. The number of halogens is 3. The first-order valence-electron chi connectivity index (χ1n) is 20.9. The number of amides is 3. The number of pyridine rings is 1. The number of hydrogen-bond donors (Lipinski definition) is 4. The number of alkyl carbamates (subject to hydrolysis) is 1. The van der Waals surface area contributed by atoms with Crippen LogP contribution in [0.3, 0.4) is 0 Å². The second-order valence-electron chi connectivity index (χ2n) is 17.6. The molecular formula is C43H52F3N5O10S. The summed E-state index contributed by atoms with van der Waals surface area (Å²) in [6, 6.07) is 10.9. The molecule has 1 aromatic heterocycles. The summed E-state index contributed by atoms with van der Waals surface area (Å²) in [5.74, 6) is -4.15. The van der Waals surface area contributed by atoms with Crippen LogP contribution in [0, 0.1) is 17.8 Å². The van der Waals surface area contributed by atoms with E-state index in [0.29, 0.717) is 60.0 Å². The largest absolute Gasteiger partial charge is 0.573 e. The quantitative estimate of drug-likeness (QED) is 0.205. The first-order valence-corrected chi connectivity index (χ1v) is 22.4. The molecule has 0 bridgehead atoms. The molecule has 0 radical (unpaired) electrons. The fourth-order valence-corrected chi connectivity index (χ4v) is 9.77. The minimum Gasteiger partial charge on any atom is -0.497 e. The Morgan fingerprint density at radius 2 is 1.63 bits per heavy atom. The molecule has 4 N–H and O–H groups in total. The van der Waals surface area contributed by atoms with Gasteiger partial charge < -0.3 is 34.9 Å². The van der Waals surface area contributed by atoms with Gasteiger partial charge in [0, 0.05) is 23.4 Å². The van der Waals surface area contributed by atoms with Crippen molar-refractivity contribution in [3.63, 3.8) is 0 Å². The van der Waals surface area contributed by atoms with Gasteiger partial charge in [0.25, 0.3) is 5.91 Å². The van der Waals surface area contributed by atoms with Crippen molar-refractivity contribution in [2.45, 2.75) is 113 Å². The zero-order valence-corrected chi connectivity index (χ0v) is 35.7. The molecule has 15 nitrogen and oxygen atoms in total. The van der Waals surface area contributed by atoms with E-state index in [0.717, 1.165) is 25.0 Å². The van der Waals surface area contributed by atoms with Crippen LogP contribution in [0.4, 0.5) is 18.0 Å². The number of carbonyl (C=O) groups excluding carboxylic acids is 4. The minimum absolute atomic E-state index is 0.00482. The van der Waals surface area contributed by atoms with Crippen LogP contribution in [-0.2, 0) is 29.1 Å². The highest BCUT2D eigenvalue weighted by Crippen LogP contribution is 2.49. The summed E-state index contributed by atoms with van der Waals surface area (Å²) in [6.45, 7) is 5.64. The second kappa shape index (κ2) is 17.5. The van der Waals surface area contributed by atoms with Gasteiger partial charge in [0.2, 0.25) is 21.8 Å². The lowest BCUT2D eigenvalue weighted by Crippen LogP contribution is -2.55. The summed E-state index contributed by atoms with van der Waals surface area (Å²) in [6.07, 6.45) is -2.67. The molecule has 0 spiro atoms. The number of hydrogen-bond acceptors (Lipinski definition) is 12. The molecule has 3 aliphatic carbocycles. The lowest BCUT2D eigenvalue weighted by atomic mass is 9.87. The number of alkyl halides is 3. The van der Waals surface area contributed by atoms with Gasteiger partial charge in [-0.05, 0) is 132 Å². The zero-order chi connectivity index (χ0) is 44.6. The minimum atomic E-state index is -4.88. The van der Waals surface area contributed by atoms with Gasteiger partial charge in [-0.25, -0.2) is 18.2 Å². The van der Waals surface area contributed by atoms with Crippen molar-refractivity contribution in [3.8, 4) is 28.6 Å².